The molecule has 0 bridgehead atoms. The molecule has 5 aromatic rings. The molecule has 0 saturated heterocycles. The topological polar surface area (TPSA) is 72.5 Å². The largest absolute Gasteiger partial charge is 0.467 e. The number of ether oxygens (including phenoxy) is 1. The van der Waals surface area contributed by atoms with Crippen LogP contribution < -0.4 is 5.32 Å². The van der Waals surface area contributed by atoms with E-state index in [9.17, 15) is 14.4 Å². The summed E-state index contributed by atoms with van der Waals surface area (Å²) in [5, 5.41) is 2.96. The maximum atomic E-state index is 13.9. The van der Waals surface area contributed by atoms with Crippen molar-refractivity contribution in [3.63, 3.8) is 0 Å². The second-order valence-electron chi connectivity index (χ2n) is 10.4. The summed E-state index contributed by atoms with van der Waals surface area (Å²) in [7, 11) is 1.31. The normalized spacial score (nSPS) is 11.7. The van der Waals surface area contributed by atoms with Crippen molar-refractivity contribution in [3.05, 3.63) is 179 Å². The first-order valence-electron chi connectivity index (χ1n) is 14.2. The van der Waals surface area contributed by atoms with Gasteiger partial charge in [-0.25, -0.2) is 4.79 Å². The van der Waals surface area contributed by atoms with Crippen LogP contribution in [0, 0.1) is 0 Å². The summed E-state index contributed by atoms with van der Waals surface area (Å²) in [5.74, 6) is -0.908. The van der Waals surface area contributed by atoms with Crippen molar-refractivity contribution in [1.82, 2.24) is 5.32 Å². The van der Waals surface area contributed by atoms with Gasteiger partial charge in [-0.1, -0.05) is 146 Å². The number of carbonyl (C=O) groups is 3. The summed E-state index contributed by atoms with van der Waals surface area (Å²) in [5.41, 5.74) is 4.05. The third-order valence-electron chi connectivity index (χ3n) is 7.74. The Morgan fingerprint density at radius 3 is 1.47 bits per heavy atom. The Morgan fingerprint density at radius 2 is 1.02 bits per heavy atom. The summed E-state index contributed by atoms with van der Waals surface area (Å²) >= 11 is 0. The van der Waals surface area contributed by atoms with Gasteiger partial charge in [-0.15, -0.1) is 0 Å². The van der Waals surface area contributed by atoms with Crippen molar-refractivity contribution in [2.45, 2.75) is 24.3 Å². The van der Waals surface area contributed by atoms with Gasteiger partial charge in [-0.2, -0.15) is 0 Å². The summed E-state index contributed by atoms with van der Waals surface area (Å²) in [4.78, 5) is 39.7. The highest BCUT2D eigenvalue weighted by Gasteiger charge is 2.39. The molecular formula is C38H33NO4. The van der Waals surface area contributed by atoms with Gasteiger partial charge in [0.15, 0.2) is 5.78 Å². The monoisotopic (exact) mass is 567 g/mol. The van der Waals surface area contributed by atoms with Crippen LogP contribution in [0.2, 0.25) is 0 Å². The standard InChI is InChI=1S/C38H33NO4/c1-43-37(42)34(26-28-22-24-30(25-23-28)36(41)29-14-6-2-7-15-29)39-35(40)27-38(31-16-8-3-9-17-31,32-18-10-4-11-19-32)33-20-12-5-13-21-33/h2-25,34H,26-27H2,1H3,(H,39,40)/t34-/m1/s1. The number of rotatable bonds is 11. The number of esters is 1. The first-order chi connectivity index (χ1) is 21.0. The number of methoxy groups -OCH3 is 1. The maximum absolute atomic E-state index is 13.9. The lowest BCUT2D eigenvalue weighted by atomic mass is 9.67. The zero-order valence-corrected chi connectivity index (χ0v) is 24.0. The van der Waals surface area contributed by atoms with Crippen LogP contribution in [-0.4, -0.2) is 30.8 Å². The summed E-state index contributed by atoms with van der Waals surface area (Å²) in [6.45, 7) is 0. The Bertz CT molecular complexity index is 1560. The molecule has 5 nitrogen and oxygen atoms in total. The van der Waals surface area contributed by atoms with Gasteiger partial charge >= 0.3 is 5.97 Å². The van der Waals surface area contributed by atoms with Gasteiger partial charge in [0.1, 0.15) is 6.04 Å². The fourth-order valence-electron chi connectivity index (χ4n) is 5.58. The van der Waals surface area contributed by atoms with Gasteiger partial charge in [0.25, 0.3) is 0 Å². The van der Waals surface area contributed by atoms with Crippen LogP contribution >= 0.6 is 0 Å². The van der Waals surface area contributed by atoms with E-state index in [1.54, 1.807) is 36.4 Å². The van der Waals surface area contributed by atoms with E-state index >= 15 is 0 Å². The number of benzene rings is 5. The summed E-state index contributed by atoms with van der Waals surface area (Å²) in [6.07, 6.45) is 0.288. The minimum Gasteiger partial charge on any atom is -0.467 e. The molecule has 0 spiro atoms. The molecule has 1 N–H and O–H groups in total. The molecule has 0 radical (unpaired) electrons. The van der Waals surface area contributed by atoms with Crippen LogP contribution in [0.4, 0.5) is 0 Å². The first kappa shape index (κ1) is 29.2. The van der Waals surface area contributed by atoms with Crippen molar-refractivity contribution in [2.75, 3.05) is 7.11 Å². The molecule has 0 saturated carbocycles. The van der Waals surface area contributed by atoms with Crippen LogP contribution in [0.25, 0.3) is 0 Å². The lowest BCUT2D eigenvalue weighted by molar-refractivity contribution is -0.145. The van der Waals surface area contributed by atoms with E-state index in [4.69, 9.17) is 4.74 Å². The van der Waals surface area contributed by atoms with E-state index in [2.05, 4.69) is 5.32 Å². The third kappa shape index (κ3) is 6.62. The van der Waals surface area contributed by atoms with Crippen LogP contribution in [-0.2, 0) is 26.2 Å². The van der Waals surface area contributed by atoms with Crippen LogP contribution in [0.15, 0.2) is 146 Å². The Morgan fingerprint density at radius 1 is 0.605 bits per heavy atom. The number of ketones is 1. The molecule has 1 amide bonds. The van der Waals surface area contributed by atoms with E-state index in [1.165, 1.54) is 7.11 Å². The summed E-state index contributed by atoms with van der Waals surface area (Å²) < 4.78 is 5.08. The molecule has 214 valence electrons. The van der Waals surface area contributed by atoms with Crippen molar-refractivity contribution < 1.29 is 19.1 Å². The van der Waals surface area contributed by atoms with E-state index in [0.717, 1.165) is 22.3 Å². The Balaban J connectivity index is 1.42. The highest BCUT2D eigenvalue weighted by molar-refractivity contribution is 6.08. The Hall–Kier alpha value is -5.29. The maximum Gasteiger partial charge on any atom is 0.328 e. The predicted molar refractivity (Wildman–Crippen MR) is 168 cm³/mol. The SMILES string of the molecule is COC(=O)[C@@H](Cc1ccc(C(=O)c2ccccc2)cc1)NC(=O)CC(c1ccccc1)(c1ccccc1)c1ccccc1. The van der Waals surface area contributed by atoms with Crippen LogP contribution in [0.1, 0.15) is 44.6 Å². The number of amides is 1. The fourth-order valence-corrected chi connectivity index (χ4v) is 5.58. The number of hydrogen-bond acceptors (Lipinski definition) is 4. The molecule has 5 rings (SSSR count). The highest BCUT2D eigenvalue weighted by Crippen LogP contribution is 2.42. The van der Waals surface area contributed by atoms with Crippen molar-refractivity contribution >= 4 is 17.7 Å². The lowest BCUT2D eigenvalue weighted by Gasteiger charge is -2.36. The molecule has 5 heteroatoms. The molecule has 0 fully saturated rings. The summed E-state index contributed by atoms with van der Waals surface area (Å²) in [6, 6.07) is 45.1. The minimum atomic E-state index is -0.909. The quantitative estimate of drug-likeness (QED) is 0.112. The predicted octanol–water partition coefficient (Wildman–Crippen LogP) is 6.54. The van der Waals surface area contributed by atoms with Gasteiger partial charge in [0.2, 0.25) is 5.91 Å². The number of carbonyl (C=O) groups excluding carboxylic acids is 3. The average Bonchev–Trinajstić information content (AvgIpc) is 3.08. The molecule has 43 heavy (non-hydrogen) atoms. The van der Waals surface area contributed by atoms with E-state index in [-0.39, 0.29) is 24.5 Å². The van der Waals surface area contributed by atoms with Gasteiger partial charge < -0.3 is 10.1 Å². The van der Waals surface area contributed by atoms with Crippen molar-refractivity contribution in [1.29, 1.82) is 0 Å². The second kappa shape index (κ2) is 13.6. The van der Waals surface area contributed by atoms with E-state index < -0.39 is 17.4 Å². The molecule has 0 aliphatic heterocycles. The van der Waals surface area contributed by atoms with Crippen LogP contribution in [0.5, 0.6) is 0 Å². The van der Waals surface area contributed by atoms with Crippen molar-refractivity contribution in [2.24, 2.45) is 0 Å². The second-order valence-corrected chi connectivity index (χ2v) is 10.4. The molecule has 5 aromatic carbocycles. The average molecular weight is 568 g/mol. The zero-order valence-electron chi connectivity index (χ0n) is 24.0. The molecule has 0 aromatic heterocycles. The highest BCUT2D eigenvalue weighted by atomic mass is 16.5. The number of hydrogen-bond donors (Lipinski definition) is 1. The van der Waals surface area contributed by atoms with Gasteiger partial charge in [-0.3, -0.25) is 9.59 Å². The van der Waals surface area contributed by atoms with E-state index in [1.807, 2.05) is 109 Å². The van der Waals surface area contributed by atoms with Gasteiger partial charge in [-0.05, 0) is 22.3 Å². The van der Waals surface area contributed by atoms with E-state index in [0.29, 0.717) is 11.1 Å². The van der Waals surface area contributed by atoms with Gasteiger partial charge in [0.05, 0.1) is 12.5 Å². The van der Waals surface area contributed by atoms with Crippen LogP contribution in [0.3, 0.4) is 0 Å². The molecule has 0 heterocycles. The molecule has 0 aliphatic rings. The molecule has 0 aliphatic carbocycles. The fraction of sp³-hybridized carbons (Fsp3) is 0.132. The molecule has 0 unspecified atom stereocenters. The Labute approximate surface area is 252 Å². The Kier molecular flexibility index (Phi) is 9.23. The first-order valence-corrected chi connectivity index (χ1v) is 14.2. The zero-order chi connectivity index (χ0) is 30.1. The molecular weight excluding hydrogens is 534 g/mol. The lowest BCUT2D eigenvalue weighted by Crippen LogP contribution is -2.46. The smallest absolute Gasteiger partial charge is 0.328 e. The third-order valence-corrected chi connectivity index (χ3v) is 7.74. The van der Waals surface area contributed by atoms with Crippen molar-refractivity contribution in [3.8, 4) is 0 Å². The molecule has 1 atom stereocenters. The van der Waals surface area contributed by atoms with Gasteiger partial charge in [0, 0.05) is 24.0 Å². The number of nitrogens with one attached hydrogen (secondary N) is 1. The minimum absolute atomic E-state index is 0.0725.